The summed E-state index contributed by atoms with van der Waals surface area (Å²) in [6.45, 7) is 7.22. The van der Waals surface area contributed by atoms with Crippen LogP contribution in [0.5, 0.6) is 0 Å². The summed E-state index contributed by atoms with van der Waals surface area (Å²) >= 11 is 1.78. The number of rotatable bonds is 6. The fraction of sp³-hybridized carbons (Fsp3) is 0.429. The van der Waals surface area contributed by atoms with E-state index in [1.165, 1.54) is 4.88 Å². The van der Waals surface area contributed by atoms with E-state index in [0.29, 0.717) is 44.6 Å². The van der Waals surface area contributed by atoms with Crippen LogP contribution in [0.4, 0.5) is 0 Å². The molecule has 1 N–H and O–H groups in total. The Labute approximate surface area is 169 Å². The zero-order valence-electron chi connectivity index (χ0n) is 16.4. The molecule has 1 atom stereocenters. The predicted molar refractivity (Wildman–Crippen MR) is 111 cm³/mol. The lowest BCUT2D eigenvalue weighted by Crippen LogP contribution is -2.41. The van der Waals surface area contributed by atoms with E-state index in [-0.39, 0.29) is 5.91 Å². The Kier molecular flexibility index (Phi) is 5.75. The smallest absolute Gasteiger partial charge is 0.274 e. The Morgan fingerprint density at radius 2 is 2.14 bits per heavy atom. The number of nitrogens with one attached hydrogen (secondary N) is 1. The number of carbonyl (C=O) groups is 1. The standard InChI is InChI=1S/C21H26N4O2S/c1-15-5-3-7-25-18(14-22-16(2)13-17-6-4-12-28-17)19(23-20(15)25)21(26)24-8-10-27-11-9-24/h3-7,12,16,22H,8-11,13-14H2,1-2H3. The minimum Gasteiger partial charge on any atom is -0.378 e. The fourth-order valence-corrected chi connectivity index (χ4v) is 4.42. The molecule has 0 spiro atoms. The summed E-state index contributed by atoms with van der Waals surface area (Å²) < 4.78 is 7.44. The van der Waals surface area contributed by atoms with Gasteiger partial charge < -0.3 is 19.4 Å². The lowest BCUT2D eigenvalue weighted by Gasteiger charge is -2.26. The van der Waals surface area contributed by atoms with Crippen molar-refractivity contribution in [2.75, 3.05) is 26.3 Å². The molecule has 0 saturated carbocycles. The van der Waals surface area contributed by atoms with Crippen molar-refractivity contribution in [2.24, 2.45) is 0 Å². The van der Waals surface area contributed by atoms with Crippen LogP contribution in [0.15, 0.2) is 35.8 Å². The highest BCUT2D eigenvalue weighted by molar-refractivity contribution is 7.09. The first kappa shape index (κ1) is 19.1. The van der Waals surface area contributed by atoms with Gasteiger partial charge in [-0.1, -0.05) is 12.1 Å². The topological polar surface area (TPSA) is 58.9 Å². The number of pyridine rings is 1. The van der Waals surface area contributed by atoms with Crippen LogP contribution in [0.2, 0.25) is 0 Å². The second-order valence-electron chi connectivity index (χ2n) is 7.26. The number of aromatic nitrogens is 2. The molecule has 3 aromatic heterocycles. The molecule has 1 unspecified atom stereocenters. The molecule has 7 heteroatoms. The number of carbonyl (C=O) groups excluding carboxylic acids is 1. The van der Waals surface area contributed by atoms with Gasteiger partial charge in [0, 0.05) is 36.8 Å². The maximum Gasteiger partial charge on any atom is 0.274 e. The number of aryl methyl sites for hydroxylation is 1. The molecule has 0 radical (unpaired) electrons. The highest BCUT2D eigenvalue weighted by Crippen LogP contribution is 2.19. The SMILES string of the molecule is Cc1cccn2c(CNC(C)Cc3cccs3)c(C(=O)N3CCOCC3)nc12. The van der Waals surface area contributed by atoms with Crippen molar-refractivity contribution in [3.05, 3.63) is 57.7 Å². The van der Waals surface area contributed by atoms with Crippen molar-refractivity contribution in [2.45, 2.75) is 32.9 Å². The van der Waals surface area contributed by atoms with Gasteiger partial charge in [-0.05, 0) is 43.3 Å². The van der Waals surface area contributed by atoms with Crippen molar-refractivity contribution in [3.63, 3.8) is 0 Å². The van der Waals surface area contributed by atoms with Crippen molar-refractivity contribution in [3.8, 4) is 0 Å². The van der Waals surface area contributed by atoms with Crippen molar-refractivity contribution in [1.29, 1.82) is 0 Å². The Bertz CT molecular complexity index is 945. The molecular formula is C21H26N4O2S. The van der Waals surface area contributed by atoms with E-state index >= 15 is 0 Å². The maximum atomic E-state index is 13.2. The minimum absolute atomic E-state index is 0.00545. The number of imidazole rings is 1. The molecule has 0 aromatic carbocycles. The lowest BCUT2D eigenvalue weighted by atomic mass is 10.2. The third kappa shape index (κ3) is 3.97. The van der Waals surface area contributed by atoms with E-state index < -0.39 is 0 Å². The van der Waals surface area contributed by atoms with Crippen molar-refractivity contribution >= 4 is 22.9 Å². The fourth-order valence-electron chi connectivity index (χ4n) is 3.58. The van der Waals surface area contributed by atoms with Gasteiger partial charge in [-0.3, -0.25) is 4.79 Å². The molecule has 1 amide bonds. The molecular weight excluding hydrogens is 372 g/mol. The molecule has 6 nitrogen and oxygen atoms in total. The van der Waals surface area contributed by atoms with Crippen LogP contribution in [0.25, 0.3) is 5.65 Å². The summed E-state index contributed by atoms with van der Waals surface area (Å²) in [7, 11) is 0. The molecule has 1 saturated heterocycles. The van der Waals surface area contributed by atoms with Gasteiger partial charge in [-0.25, -0.2) is 4.98 Å². The summed E-state index contributed by atoms with van der Waals surface area (Å²) in [6, 6.07) is 8.58. The first-order valence-electron chi connectivity index (χ1n) is 9.73. The van der Waals surface area contributed by atoms with Crippen LogP contribution in [0.1, 0.15) is 33.5 Å². The first-order chi connectivity index (χ1) is 13.6. The van der Waals surface area contributed by atoms with Crippen LogP contribution in [-0.4, -0.2) is 52.5 Å². The van der Waals surface area contributed by atoms with Crippen LogP contribution in [0.3, 0.4) is 0 Å². The highest BCUT2D eigenvalue weighted by Gasteiger charge is 2.26. The monoisotopic (exact) mass is 398 g/mol. The zero-order chi connectivity index (χ0) is 19.5. The van der Waals surface area contributed by atoms with E-state index in [1.807, 2.05) is 34.6 Å². The number of ether oxygens (including phenoxy) is 1. The van der Waals surface area contributed by atoms with E-state index in [9.17, 15) is 4.79 Å². The maximum absolute atomic E-state index is 13.2. The number of morpholine rings is 1. The largest absolute Gasteiger partial charge is 0.378 e. The molecule has 28 heavy (non-hydrogen) atoms. The van der Waals surface area contributed by atoms with E-state index in [4.69, 9.17) is 9.72 Å². The molecule has 1 aliphatic heterocycles. The lowest BCUT2D eigenvalue weighted by molar-refractivity contribution is 0.0298. The Hall–Kier alpha value is -2.22. The Morgan fingerprint density at radius 3 is 2.89 bits per heavy atom. The van der Waals surface area contributed by atoms with E-state index in [2.05, 4.69) is 29.8 Å². The van der Waals surface area contributed by atoms with Gasteiger partial charge in [-0.15, -0.1) is 11.3 Å². The minimum atomic E-state index is -0.00545. The van der Waals surface area contributed by atoms with E-state index in [0.717, 1.165) is 23.3 Å². The number of hydrogen-bond acceptors (Lipinski definition) is 5. The van der Waals surface area contributed by atoms with Crippen molar-refractivity contribution < 1.29 is 9.53 Å². The summed E-state index contributed by atoms with van der Waals surface area (Å²) in [5, 5.41) is 5.69. The van der Waals surface area contributed by atoms with Crippen LogP contribution < -0.4 is 5.32 Å². The molecule has 0 aliphatic carbocycles. The predicted octanol–water partition coefficient (Wildman–Crippen LogP) is 2.90. The highest BCUT2D eigenvalue weighted by atomic mass is 32.1. The Balaban J connectivity index is 1.59. The number of fused-ring (bicyclic) bond motifs is 1. The summed E-state index contributed by atoms with van der Waals surface area (Å²) in [5.41, 5.74) is 3.39. The van der Waals surface area contributed by atoms with Gasteiger partial charge in [0.05, 0.1) is 18.9 Å². The molecule has 148 valence electrons. The second-order valence-corrected chi connectivity index (χ2v) is 8.29. The van der Waals surface area contributed by atoms with Gasteiger partial charge in [0.15, 0.2) is 5.69 Å². The molecule has 0 bridgehead atoms. The zero-order valence-corrected chi connectivity index (χ0v) is 17.2. The average Bonchev–Trinajstić information content (AvgIpc) is 3.35. The summed E-state index contributed by atoms with van der Waals surface area (Å²) in [4.78, 5) is 21.1. The van der Waals surface area contributed by atoms with Gasteiger partial charge in [0.2, 0.25) is 0 Å². The van der Waals surface area contributed by atoms with Gasteiger partial charge in [0.1, 0.15) is 5.65 Å². The quantitative estimate of drug-likeness (QED) is 0.694. The Morgan fingerprint density at radius 1 is 1.32 bits per heavy atom. The van der Waals surface area contributed by atoms with E-state index in [1.54, 1.807) is 11.3 Å². The van der Waals surface area contributed by atoms with Crippen LogP contribution in [0, 0.1) is 6.92 Å². The summed E-state index contributed by atoms with van der Waals surface area (Å²) in [5.74, 6) is -0.00545. The third-order valence-electron chi connectivity index (χ3n) is 5.15. The van der Waals surface area contributed by atoms with Crippen LogP contribution >= 0.6 is 11.3 Å². The normalized spacial score (nSPS) is 15.9. The van der Waals surface area contributed by atoms with Gasteiger partial charge in [-0.2, -0.15) is 0 Å². The number of nitrogens with zero attached hydrogens (tertiary/aromatic N) is 3. The molecule has 1 fully saturated rings. The molecule has 1 aliphatic rings. The first-order valence-corrected chi connectivity index (χ1v) is 10.6. The van der Waals surface area contributed by atoms with Crippen LogP contribution in [-0.2, 0) is 17.7 Å². The number of thiophene rings is 1. The summed E-state index contributed by atoms with van der Waals surface area (Å²) in [6.07, 6.45) is 2.96. The second kappa shape index (κ2) is 8.43. The molecule has 3 aromatic rings. The molecule has 4 rings (SSSR count). The van der Waals surface area contributed by atoms with Gasteiger partial charge >= 0.3 is 0 Å². The van der Waals surface area contributed by atoms with Crippen molar-refractivity contribution in [1.82, 2.24) is 19.6 Å². The number of hydrogen-bond donors (Lipinski definition) is 1. The molecule has 4 heterocycles. The van der Waals surface area contributed by atoms with Gasteiger partial charge in [0.25, 0.3) is 5.91 Å². The average molecular weight is 399 g/mol. The third-order valence-corrected chi connectivity index (χ3v) is 6.05. The number of amides is 1.